The Morgan fingerprint density at radius 3 is 2.71 bits per heavy atom. The lowest BCUT2D eigenvalue weighted by atomic mass is 9.83. The topological polar surface area (TPSA) is 63.3 Å². The van der Waals surface area contributed by atoms with Crippen LogP contribution in [0.4, 0.5) is 0 Å². The maximum Gasteiger partial charge on any atom is 0.303 e. The second-order valence-corrected chi connectivity index (χ2v) is 5.57. The average Bonchev–Trinajstić information content (AvgIpc) is 2.85. The molecule has 3 N–H and O–H groups in total. The quantitative estimate of drug-likeness (QED) is 0.551. The van der Waals surface area contributed by atoms with Crippen molar-refractivity contribution in [2.24, 2.45) is 23.5 Å². The van der Waals surface area contributed by atoms with Gasteiger partial charge in [-0.15, -0.1) is 0 Å². The van der Waals surface area contributed by atoms with E-state index >= 15 is 0 Å². The van der Waals surface area contributed by atoms with Gasteiger partial charge in [-0.05, 0) is 56.3 Å². The molecule has 2 fully saturated rings. The molecule has 0 aliphatic heterocycles. The van der Waals surface area contributed by atoms with Gasteiger partial charge in [-0.3, -0.25) is 4.79 Å². The van der Waals surface area contributed by atoms with Gasteiger partial charge in [-0.25, -0.2) is 0 Å². The van der Waals surface area contributed by atoms with Gasteiger partial charge in [0.25, 0.3) is 0 Å². The first kappa shape index (κ1) is 12.6. The fourth-order valence-electron chi connectivity index (χ4n) is 3.55. The summed E-state index contributed by atoms with van der Waals surface area (Å²) in [6.45, 7) is 0. The highest BCUT2D eigenvalue weighted by Crippen LogP contribution is 2.48. The number of rotatable bonds is 6. The van der Waals surface area contributed by atoms with E-state index < -0.39 is 5.97 Å². The Morgan fingerprint density at radius 1 is 1.29 bits per heavy atom. The van der Waals surface area contributed by atoms with Crippen LogP contribution in [0.2, 0.25) is 0 Å². The van der Waals surface area contributed by atoms with Crippen LogP contribution < -0.4 is 5.73 Å². The van der Waals surface area contributed by atoms with Crippen molar-refractivity contribution in [2.45, 2.75) is 51.0 Å². The lowest BCUT2D eigenvalue weighted by molar-refractivity contribution is -0.137. The summed E-state index contributed by atoms with van der Waals surface area (Å²) >= 11 is 0. The Labute approximate surface area is 103 Å². The Bertz CT molecular complexity index is 299. The van der Waals surface area contributed by atoms with Crippen molar-refractivity contribution in [1.29, 1.82) is 0 Å². The molecule has 17 heavy (non-hydrogen) atoms. The maximum atomic E-state index is 10.3. The highest BCUT2D eigenvalue weighted by molar-refractivity contribution is 5.66. The fourth-order valence-corrected chi connectivity index (χ4v) is 3.55. The summed E-state index contributed by atoms with van der Waals surface area (Å²) in [6, 6.07) is 0.414. The molecule has 0 spiro atoms. The van der Waals surface area contributed by atoms with Gasteiger partial charge in [-0.2, -0.15) is 0 Å². The van der Waals surface area contributed by atoms with Crippen molar-refractivity contribution in [3.05, 3.63) is 12.2 Å². The van der Waals surface area contributed by atoms with Crippen LogP contribution in [0.25, 0.3) is 0 Å². The van der Waals surface area contributed by atoms with Crippen molar-refractivity contribution in [1.82, 2.24) is 0 Å². The zero-order chi connectivity index (χ0) is 12.3. The van der Waals surface area contributed by atoms with Crippen LogP contribution >= 0.6 is 0 Å². The molecular weight excluding hydrogens is 214 g/mol. The molecule has 3 nitrogen and oxygen atoms in total. The number of carbonyl (C=O) groups is 1. The molecule has 4 unspecified atom stereocenters. The first-order chi connectivity index (χ1) is 8.18. The molecule has 96 valence electrons. The zero-order valence-electron chi connectivity index (χ0n) is 10.3. The first-order valence-corrected chi connectivity index (χ1v) is 6.81. The Balaban J connectivity index is 1.65. The lowest BCUT2D eigenvalue weighted by Gasteiger charge is -2.27. The molecule has 0 aromatic carbocycles. The van der Waals surface area contributed by atoms with Gasteiger partial charge in [0, 0.05) is 12.5 Å². The van der Waals surface area contributed by atoms with Crippen molar-refractivity contribution < 1.29 is 9.90 Å². The van der Waals surface area contributed by atoms with E-state index in [-0.39, 0.29) is 6.42 Å². The minimum absolute atomic E-state index is 0.276. The molecule has 2 rings (SSSR count). The zero-order valence-corrected chi connectivity index (χ0v) is 10.3. The molecule has 0 heterocycles. The minimum atomic E-state index is -0.700. The van der Waals surface area contributed by atoms with E-state index in [1.165, 1.54) is 19.3 Å². The molecule has 4 atom stereocenters. The maximum absolute atomic E-state index is 10.3. The number of carboxylic acids is 1. The summed E-state index contributed by atoms with van der Waals surface area (Å²) in [5.41, 5.74) is 6.23. The lowest BCUT2D eigenvalue weighted by Crippen LogP contribution is -2.35. The summed E-state index contributed by atoms with van der Waals surface area (Å²) in [4.78, 5) is 10.3. The van der Waals surface area contributed by atoms with Gasteiger partial charge in [-0.1, -0.05) is 12.2 Å². The highest BCUT2D eigenvalue weighted by atomic mass is 16.4. The van der Waals surface area contributed by atoms with E-state index in [0.717, 1.165) is 31.1 Å². The van der Waals surface area contributed by atoms with Crippen molar-refractivity contribution >= 4 is 5.97 Å². The minimum Gasteiger partial charge on any atom is -0.481 e. The third-order valence-corrected chi connectivity index (χ3v) is 4.49. The van der Waals surface area contributed by atoms with E-state index in [2.05, 4.69) is 12.2 Å². The molecule has 0 amide bonds. The molecule has 0 radical (unpaired) electrons. The summed E-state index contributed by atoms with van der Waals surface area (Å²) in [6.07, 6.45) is 11.4. The molecule has 0 saturated heterocycles. The molecular formula is C14H23NO2. The Morgan fingerprint density at radius 2 is 2.06 bits per heavy atom. The number of fused-ring (bicyclic) bond motifs is 2. The number of carboxylic acid groups (broad SMARTS) is 1. The average molecular weight is 237 g/mol. The molecule has 2 bridgehead atoms. The smallest absolute Gasteiger partial charge is 0.303 e. The number of allylic oxidation sites excluding steroid dienone is 2. The van der Waals surface area contributed by atoms with E-state index in [9.17, 15) is 4.79 Å². The van der Waals surface area contributed by atoms with E-state index in [0.29, 0.717) is 12.0 Å². The SMILES string of the molecule is NC1C2CCC(C2)C1CC=CCCCC(=O)O. The number of hydrogen-bond acceptors (Lipinski definition) is 2. The largest absolute Gasteiger partial charge is 0.481 e. The van der Waals surface area contributed by atoms with Gasteiger partial charge in [0.15, 0.2) is 0 Å². The van der Waals surface area contributed by atoms with Gasteiger partial charge in [0.1, 0.15) is 0 Å². The molecule has 2 saturated carbocycles. The van der Waals surface area contributed by atoms with Crippen molar-refractivity contribution in [3.8, 4) is 0 Å². The van der Waals surface area contributed by atoms with Crippen LogP contribution in [0.1, 0.15) is 44.9 Å². The molecule has 2 aliphatic rings. The van der Waals surface area contributed by atoms with Crippen LogP contribution in [0, 0.1) is 17.8 Å². The predicted molar refractivity (Wildman–Crippen MR) is 67.5 cm³/mol. The van der Waals surface area contributed by atoms with Crippen molar-refractivity contribution in [2.75, 3.05) is 0 Å². The second kappa shape index (κ2) is 5.67. The summed E-state index contributed by atoms with van der Waals surface area (Å²) in [7, 11) is 0. The van der Waals surface area contributed by atoms with Crippen LogP contribution in [0.5, 0.6) is 0 Å². The number of hydrogen-bond donors (Lipinski definition) is 2. The number of aliphatic carboxylic acids is 1. The number of unbranched alkanes of at least 4 members (excludes halogenated alkanes) is 1. The highest BCUT2D eigenvalue weighted by Gasteiger charge is 2.44. The summed E-state index contributed by atoms with van der Waals surface area (Å²) < 4.78 is 0. The summed E-state index contributed by atoms with van der Waals surface area (Å²) in [5, 5.41) is 8.51. The second-order valence-electron chi connectivity index (χ2n) is 5.57. The molecule has 0 aromatic heterocycles. The van der Waals surface area contributed by atoms with Gasteiger partial charge < -0.3 is 10.8 Å². The van der Waals surface area contributed by atoms with Crippen LogP contribution in [-0.4, -0.2) is 17.1 Å². The molecule has 2 aliphatic carbocycles. The monoisotopic (exact) mass is 237 g/mol. The Kier molecular flexibility index (Phi) is 4.21. The van der Waals surface area contributed by atoms with Gasteiger partial charge >= 0.3 is 5.97 Å². The normalized spacial score (nSPS) is 35.8. The third kappa shape index (κ3) is 3.09. The molecule has 0 aromatic rings. The van der Waals surface area contributed by atoms with E-state index in [4.69, 9.17) is 10.8 Å². The van der Waals surface area contributed by atoms with Crippen LogP contribution in [0.15, 0.2) is 12.2 Å². The van der Waals surface area contributed by atoms with Gasteiger partial charge in [0.2, 0.25) is 0 Å². The first-order valence-electron chi connectivity index (χ1n) is 6.81. The van der Waals surface area contributed by atoms with Gasteiger partial charge in [0.05, 0.1) is 0 Å². The van der Waals surface area contributed by atoms with Crippen LogP contribution in [-0.2, 0) is 4.79 Å². The standard InChI is InChI=1S/C14H23NO2/c15-14-11-8-7-10(9-11)12(14)5-3-1-2-4-6-13(16)17/h1,3,10-12,14H,2,4-9,15H2,(H,16,17). The Hall–Kier alpha value is -0.830. The van der Waals surface area contributed by atoms with Crippen LogP contribution in [0.3, 0.4) is 0 Å². The fraction of sp³-hybridized carbons (Fsp3) is 0.786. The third-order valence-electron chi connectivity index (χ3n) is 4.49. The number of nitrogens with two attached hydrogens (primary N) is 1. The summed E-state index contributed by atoms with van der Waals surface area (Å²) in [5.74, 6) is 1.63. The van der Waals surface area contributed by atoms with E-state index in [1.807, 2.05) is 0 Å². The van der Waals surface area contributed by atoms with E-state index in [1.54, 1.807) is 0 Å². The predicted octanol–water partition coefficient (Wildman–Crippen LogP) is 2.56. The van der Waals surface area contributed by atoms with Crippen molar-refractivity contribution in [3.63, 3.8) is 0 Å². The molecule has 3 heteroatoms.